The molecule has 55 heavy (non-hydrogen) atoms. The Bertz CT molecular complexity index is 2940. The first kappa shape index (κ1) is 31.5. The number of furan rings is 1. The van der Waals surface area contributed by atoms with Gasteiger partial charge in [-0.15, -0.1) is 0 Å². The number of anilines is 6. The number of nitrogens with zero attached hydrogens (tertiary/aromatic N) is 2. The minimum Gasteiger partial charge on any atom is -0.456 e. The number of hydrogen-bond donors (Lipinski definition) is 0. The predicted molar refractivity (Wildman–Crippen MR) is 226 cm³/mol. The zero-order chi connectivity index (χ0) is 36.7. The summed E-state index contributed by atoms with van der Waals surface area (Å²) in [6.45, 7) is 4.67. The fourth-order valence-corrected chi connectivity index (χ4v) is 8.73. The van der Waals surface area contributed by atoms with Gasteiger partial charge in [-0.25, -0.2) is 0 Å². The molecule has 0 spiro atoms. The van der Waals surface area contributed by atoms with Crippen molar-refractivity contribution < 1.29 is 9.15 Å². The highest BCUT2D eigenvalue weighted by Gasteiger charge is 2.36. The van der Waals surface area contributed by atoms with Gasteiger partial charge in [0.1, 0.15) is 11.2 Å². The van der Waals surface area contributed by atoms with Gasteiger partial charge in [-0.1, -0.05) is 111 Å². The molecular weight excluding hydrogens is 673 g/mol. The van der Waals surface area contributed by atoms with Gasteiger partial charge in [0.05, 0.1) is 11.4 Å². The summed E-state index contributed by atoms with van der Waals surface area (Å²) < 4.78 is 12.8. The predicted octanol–water partition coefficient (Wildman–Crippen LogP) is 14.6. The summed E-state index contributed by atoms with van der Waals surface area (Å²) in [5.41, 5.74) is 15.5. The molecule has 1 aliphatic heterocycles. The molecular formula is C51H36N2O2. The van der Waals surface area contributed by atoms with Crippen LogP contribution in [0.3, 0.4) is 0 Å². The van der Waals surface area contributed by atoms with Crippen molar-refractivity contribution in [3.8, 4) is 33.8 Å². The van der Waals surface area contributed by atoms with E-state index in [1.165, 1.54) is 22.3 Å². The molecule has 262 valence electrons. The molecule has 0 radical (unpaired) electrons. The van der Waals surface area contributed by atoms with Crippen LogP contribution in [0, 0.1) is 0 Å². The number of ether oxygens (including phenoxy) is 1. The normalized spacial score (nSPS) is 13.5. The first-order valence-electron chi connectivity index (χ1n) is 18.8. The third-order valence-electron chi connectivity index (χ3n) is 11.4. The quantitative estimate of drug-likeness (QED) is 0.178. The molecule has 0 N–H and O–H groups in total. The van der Waals surface area contributed by atoms with Crippen molar-refractivity contribution in [2.24, 2.45) is 0 Å². The Morgan fingerprint density at radius 3 is 2.00 bits per heavy atom. The first-order chi connectivity index (χ1) is 27.0. The zero-order valence-corrected chi connectivity index (χ0v) is 30.5. The molecule has 1 aliphatic carbocycles. The monoisotopic (exact) mass is 708 g/mol. The molecule has 2 aliphatic rings. The maximum atomic E-state index is 6.70. The van der Waals surface area contributed by atoms with Gasteiger partial charge in [0.25, 0.3) is 0 Å². The number of rotatable bonds is 5. The summed E-state index contributed by atoms with van der Waals surface area (Å²) in [4.78, 5) is 4.64. The lowest BCUT2D eigenvalue weighted by atomic mass is 9.82. The number of para-hydroxylation sites is 4. The Balaban J connectivity index is 1.05. The molecule has 1 aromatic heterocycles. The average molecular weight is 709 g/mol. The van der Waals surface area contributed by atoms with Crippen LogP contribution in [0.2, 0.25) is 0 Å². The van der Waals surface area contributed by atoms with Crippen molar-refractivity contribution >= 4 is 56.1 Å². The Hall–Kier alpha value is -7.04. The van der Waals surface area contributed by atoms with Crippen LogP contribution < -0.4 is 14.5 Å². The van der Waals surface area contributed by atoms with Gasteiger partial charge in [0, 0.05) is 45.0 Å². The second-order valence-electron chi connectivity index (χ2n) is 15.0. The molecule has 2 heterocycles. The molecule has 0 atom stereocenters. The van der Waals surface area contributed by atoms with Crippen LogP contribution in [0.25, 0.3) is 44.2 Å². The van der Waals surface area contributed by atoms with E-state index < -0.39 is 0 Å². The van der Waals surface area contributed by atoms with Gasteiger partial charge in [-0.2, -0.15) is 0 Å². The molecule has 0 fully saturated rings. The molecule has 8 aromatic carbocycles. The topological polar surface area (TPSA) is 28.9 Å². The Morgan fingerprint density at radius 1 is 0.455 bits per heavy atom. The Morgan fingerprint density at radius 2 is 1.11 bits per heavy atom. The van der Waals surface area contributed by atoms with Crippen molar-refractivity contribution in [3.05, 3.63) is 193 Å². The van der Waals surface area contributed by atoms with E-state index in [0.717, 1.165) is 78.7 Å². The van der Waals surface area contributed by atoms with Crippen molar-refractivity contribution in [1.82, 2.24) is 0 Å². The summed E-state index contributed by atoms with van der Waals surface area (Å²) in [5.74, 6) is 1.63. The van der Waals surface area contributed by atoms with E-state index in [0.29, 0.717) is 0 Å². The van der Waals surface area contributed by atoms with Crippen molar-refractivity contribution in [3.63, 3.8) is 0 Å². The molecule has 4 heteroatoms. The first-order valence-corrected chi connectivity index (χ1v) is 18.8. The van der Waals surface area contributed by atoms with Crippen LogP contribution >= 0.6 is 0 Å². The SMILES string of the molecule is CC1(C)c2ccccc2-c2ccc(N(c3ccc(-c4ccc5oc6ccccc6c5c4)cc3)c3ccc4c(c3)Oc3ccccc3N4c3ccccc3)cc21. The van der Waals surface area contributed by atoms with E-state index in [4.69, 9.17) is 9.15 Å². The molecule has 0 saturated carbocycles. The van der Waals surface area contributed by atoms with E-state index >= 15 is 0 Å². The molecule has 9 aromatic rings. The maximum absolute atomic E-state index is 6.70. The van der Waals surface area contributed by atoms with E-state index in [1.807, 2.05) is 24.3 Å². The molecule has 0 amide bonds. The van der Waals surface area contributed by atoms with Crippen molar-refractivity contribution in [1.29, 1.82) is 0 Å². The van der Waals surface area contributed by atoms with Gasteiger partial charge < -0.3 is 19.0 Å². The summed E-state index contributed by atoms with van der Waals surface area (Å²) in [6, 6.07) is 64.7. The summed E-state index contributed by atoms with van der Waals surface area (Å²) in [7, 11) is 0. The third kappa shape index (κ3) is 4.92. The largest absolute Gasteiger partial charge is 0.456 e. The van der Waals surface area contributed by atoms with Crippen molar-refractivity contribution in [2.45, 2.75) is 19.3 Å². The zero-order valence-electron chi connectivity index (χ0n) is 30.5. The number of benzene rings is 8. The van der Waals surface area contributed by atoms with E-state index in [-0.39, 0.29) is 5.41 Å². The lowest BCUT2D eigenvalue weighted by Crippen LogP contribution is -2.18. The lowest BCUT2D eigenvalue weighted by Gasteiger charge is -2.34. The molecule has 0 unspecified atom stereocenters. The van der Waals surface area contributed by atoms with Gasteiger partial charge in [0.15, 0.2) is 11.5 Å². The third-order valence-corrected chi connectivity index (χ3v) is 11.4. The highest BCUT2D eigenvalue weighted by Crippen LogP contribution is 2.54. The van der Waals surface area contributed by atoms with Crippen LogP contribution in [0.1, 0.15) is 25.0 Å². The van der Waals surface area contributed by atoms with Gasteiger partial charge in [-0.3, -0.25) is 0 Å². The molecule has 0 bridgehead atoms. The molecule has 4 nitrogen and oxygen atoms in total. The number of hydrogen-bond acceptors (Lipinski definition) is 4. The van der Waals surface area contributed by atoms with Gasteiger partial charge in [-0.05, 0) is 112 Å². The van der Waals surface area contributed by atoms with Gasteiger partial charge in [0.2, 0.25) is 0 Å². The van der Waals surface area contributed by atoms with Crippen molar-refractivity contribution in [2.75, 3.05) is 9.80 Å². The minimum absolute atomic E-state index is 0.133. The molecule has 11 rings (SSSR count). The summed E-state index contributed by atoms with van der Waals surface area (Å²) in [5, 5.41) is 2.26. The Kier molecular flexibility index (Phi) is 6.86. The smallest absolute Gasteiger partial charge is 0.153 e. The van der Waals surface area contributed by atoms with Crippen LogP contribution in [-0.2, 0) is 5.41 Å². The minimum atomic E-state index is -0.133. The maximum Gasteiger partial charge on any atom is 0.153 e. The standard InChI is InChI=1S/C51H36N2O2/c1-51(2)43-16-8-6-14-39(43)40-27-25-37(31-44(40)51)52(36-23-20-33(21-24-36)34-22-29-48-42(30-34)41-15-7-10-18-47(41)54-48)38-26-28-46-50(32-38)55-49-19-11-9-17-45(49)53(46)35-12-4-3-5-13-35/h3-32H,1-2H3. The van der Waals surface area contributed by atoms with E-state index in [1.54, 1.807) is 0 Å². The van der Waals surface area contributed by atoms with E-state index in [2.05, 4.69) is 181 Å². The summed E-state index contributed by atoms with van der Waals surface area (Å²) in [6.07, 6.45) is 0. The number of fused-ring (bicyclic) bond motifs is 8. The molecule has 0 saturated heterocycles. The van der Waals surface area contributed by atoms with E-state index in [9.17, 15) is 0 Å². The fraction of sp³-hybridized carbons (Fsp3) is 0.0588. The summed E-state index contributed by atoms with van der Waals surface area (Å²) >= 11 is 0. The second kappa shape index (κ2) is 12.0. The van der Waals surface area contributed by atoms with Crippen LogP contribution in [-0.4, -0.2) is 0 Å². The highest BCUT2D eigenvalue weighted by molar-refractivity contribution is 6.06. The Labute approximate surface area is 320 Å². The van der Waals surface area contributed by atoms with Crippen LogP contribution in [0.5, 0.6) is 11.5 Å². The van der Waals surface area contributed by atoms with Gasteiger partial charge >= 0.3 is 0 Å². The van der Waals surface area contributed by atoms with Crippen LogP contribution in [0.15, 0.2) is 186 Å². The fourth-order valence-electron chi connectivity index (χ4n) is 8.73. The average Bonchev–Trinajstić information content (AvgIpc) is 3.72. The second-order valence-corrected chi connectivity index (χ2v) is 15.0. The van der Waals surface area contributed by atoms with Crippen LogP contribution in [0.4, 0.5) is 34.1 Å². The lowest BCUT2D eigenvalue weighted by molar-refractivity contribution is 0.477. The highest BCUT2D eigenvalue weighted by atomic mass is 16.5.